The second-order valence-corrected chi connectivity index (χ2v) is 7.75. The fourth-order valence-corrected chi connectivity index (χ4v) is 3.99. The summed E-state index contributed by atoms with van der Waals surface area (Å²) in [6.45, 7) is 2.73. The van der Waals surface area contributed by atoms with E-state index in [-0.39, 0.29) is 17.1 Å². The summed E-state index contributed by atoms with van der Waals surface area (Å²) in [4.78, 5) is 28.2. The topological polar surface area (TPSA) is 50.5 Å². The monoisotopic (exact) mass is 425 g/mol. The van der Waals surface area contributed by atoms with Crippen molar-refractivity contribution in [3.05, 3.63) is 80.1 Å². The van der Waals surface area contributed by atoms with E-state index in [1.54, 1.807) is 17.0 Å². The molecular formula is C22H20BrNO3. The first-order chi connectivity index (χ1) is 13.1. The number of carbonyl (C=O) groups excluding carboxylic acids is 1. The molecule has 2 aromatic carbocycles. The van der Waals surface area contributed by atoms with Crippen molar-refractivity contribution in [1.82, 2.24) is 4.90 Å². The molecule has 4 nitrogen and oxygen atoms in total. The summed E-state index contributed by atoms with van der Waals surface area (Å²) in [5.41, 5.74) is 1.72. The van der Waals surface area contributed by atoms with Crippen LogP contribution < -0.4 is 5.43 Å². The smallest absolute Gasteiger partial charge is 0.290 e. The van der Waals surface area contributed by atoms with Crippen LogP contribution in [0.15, 0.2) is 62.2 Å². The molecule has 2 heterocycles. The van der Waals surface area contributed by atoms with Gasteiger partial charge in [0.2, 0.25) is 5.76 Å². The van der Waals surface area contributed by atoms with E-state index in [1.807, 2.05) is 36.4 Å². The molecule has 0 bridgehead atoms. The molecular weight excluding hydrogens is 406 g/mol. The highest BCUT2D eigenvalue weighted by Gasteiger charge is 2.42. The van der Waals surface area contributed by atoms with Gasteiger partial charge in [0.25, 0.3) is 5.91 Å². The first kappa shape index (κ1) is 18.0. The van der Waals surface area contributed by atoms with E-state index in [4.69, 9.17) is 4.42 Å². The van der Waals surface area contributed by atoms with Crippen molar-refractivity contribution in [2.75, 3.05) is 6.54 Å². The lowest BCUT2D eigenvalue weighted by molar-refractivity contribution is 0.0724. The summed E-state index contributed by atoms with van der Waals surface area (Å²) in [6.07, 6.45) is 3.01. The van der Waals surface area contributed by atoms with Crippen molar-refractivity contribution in [2.45, 2.75) is 32.2 Å². The molecule has 1 aliphatic heterocycles. The fourth-order valence-electron chi connectivity index (χ4n) is 3.72. The van der Waals surface area contributed by atoms with Crippen LogP contribution in [-0.2, 0) is 0 Å². The summed E-state index contributed by atoms with van der Waals surface area (Å²) in [7, 11) is 0. The second kappa shape index (κ2) is 7.31. The van der Waals surface area contributed by atoms with E-state index >= 15 is 0 Å². The lowest BCUT2D eigenvalue weighted by Crippen LogP contribution is -2.30. The van der Waals surface area contributed by atoms with E-state index < -0.39 is 6.04 Å². The highest BCUT2D eigenvalue weighted by atomic mass is 79.9. The summed E-state index contributed by atoms with van der Waals surface area (Å²) in [6, 6.07) is 14.5. The van der Waals surface area contributed by atoms with Crippen LogP contribution in [0.25, 0.3) is 11.0 Å². The zero-order valence-corrected chi connectivity index (χ0v) is 16.7. The van der Waals surface area contributed by atoms with Gasteiger partial charge < -0.3 is 9.32 Å². The molecule has 1 aliphatic rings. The van der Waals surface area contributed by atoms with Gasteiger partial charge in [0.05, 0.1) is 17.0 Å². The van der Waals surface area contributed by atoms with E-state index in [0.29, 0.717) is 23.1 Å². The molecule has 0 spiro atoms. The molecule has 0 saturated heterocycles. The summed E-state index contributed by atoms with van der Waals surface area (Å²) < 4.78 is 6.87. The third kappa shape index (κ3) is 3.10. The molecule has 3 aromatic rings. The Morgan fingerprint density at radius 2 is 1.78 bits per heavy atom. The first-order valence-corrected chi connectivity index (χ1v) is 10.0. The predicted octanol–water partition coefficient (Wildman–Crippen LogP) is 5.29. The lowest BCUT2D eigenvalue weighted by atomic mass is 9.98. The maximum absolute atomic E-state index is 13.2. The van der Waals surface area contributed by atoms with Gasteiger partial charge in [0, 0.05) is 11.0 Å². The molecule has 5 heteroatoms. The average Bonchev–Trinajstić information content (AvgIpc) is 2.96. The maximum atomic E-state index is 13.2. The van der Waals surface area contributed by atoms with Crippen LogP contribution in [0, 0.1) is 0 Å². The second-order valence-electron chi connectivity index (χ2n) is 6.83. The number of nitrogens with zero attached hydrogens (tertiary/aromatic N) is 1. The van der Waals surface area contributed by atoms with Crippen molar-refractivity contribution in [3.63, 3.8) is 0 Å². The number of halogens is 1. The molecule has 1 amide bonds. The van der Waals surface area contributed by atoms with Crippen LogP contribution in [0.5, 0.6) is 0 Å². The first-order valence-electron chi connectivity index (χ1n) is 9.24. The normalized spacial score (nSPS) is 16.1. The van der Waals surface area contributed by atoms with Crippen LogP contribution in [0.3, 0.4) is 0 Å². The van der Waals surface area contributed by atoms with Gasteiger partial charge >= 0.3 is 0 Å². The van der Waals surface area contributed by atoms with Gasteiger partial charge in [-0.05, 0) is 36.2 Å². The van der Waals surface area contributed by atoms with Crippen molar-refractivity contribution in [3.8, 4) is 0 Å². The molecule has 4 rings (SSSR count). The van der Waals surface area contributed by atoms with Crippen molar-refractivity contribution < 1.29 is 9.21 Å². The Labute approximate surface area is 165 Å². The van der Waals surface area contributed by atoms with Gasteiger partial charge in [-0.25, -0.2) is 0 Å². The number of hydrogen-bond acceptors (Lipinski definition) is 3. The lowest BCUT2D eigenvalue weighted by Gasteiger charge is -2.25. The van der Waals surface area contributed by atoms with Gasteiger partial charge in [-0.2, -0.15) is 0 Å². The highest BCUT2D eigenvalue weighted by molar-refractivity contribution is 9.10. The van der Waals surface area contributed by atoms with E-state index in [2.05, 4.69) is 22.9 Å². The van der Waals surface area contributed by atoms with Crippen LogP contribution in [-0.4, -0.2) is 17.4 Å². The van der Waals surface area contributed by atoms with Gasteiger partial charge in [0.1, 0.15) is 5.58 Å². The van der Waals surface area contributed by atoms with Crippen LogP contribution in [0.4, 0.5) is 0 Å². The summed E-state index contributed by atoms with van der Waals surface area (Å²) in [5.74, 6) is -0.0139. The Morgan fingerprint density at radius 1 is 1.04 bits per heavy atom. The van der Waals surface area contributed by atoms with Crippen LogP contribution >= 0.6 is 15.9 Å². The van der Waals surface area contributed by atoms with E-state index in [1.165, 1.54) is 0 Å². The quantitative estimate of drug-likeness (QED) is 0.521. The minimum absolute atomic E-state index is 0.119. The zero-order chi connectivity index (χ0) is 19.0. The minimum atomic E-state index is -0.404. The molecule has 27 heavy (non-hydrogen) atoms. The molecule has 0 N–H and O–H groups in total. The third-order valence-electron chi connectivity index (χ3n) is 5.06. The Balaban J connectivity index is 1.90. The van der Waals surface area contributed by atoms with E-state index in [9.17, 15) is 9.59 Å². The molecule has 1 unspecified atom stereocenters. The molecule has 0 fully saturated rings. The SMILES string of the molecule is CCCCCN1C(=O)c2oc3ccccc3c(=O)c2C1c1ccc(Br)cc1. The van der Waals surface area contributed by atoms with Crippen molar-refractivity contribution in [2.24, 2.45) is 0 Å². The predicted molar refractivity (Wildman–Crippen MR) is 109 cm³/mol. The molecule has 1 atom stereocenters. The fraction of sp³-hybridized carbons (Fsp3) is 0.273. The van der Waals surface area contributed by atoms with Gasteiger partial charge in [-0.15, -0.1) is 0 Å². The largest absolute Gasteiger partial charge is 0.450 e. The van der Waals surface area contributed by atoms with Gasteiger partial charge in [-0.3, -0.25) is 9.59 Å². The maximum Gasteiger partial charge on any atom is 0.290 e. The molecule has 0 radical (unpaired) electrons. The Bertz CT molecular complexity index is 1060. The number of hydrogen-bond donors (Lipinski definition) is 0. The Morgan fingerprint density at radius 3 is 2.52 bits per heavy atom. The third-order valence-corrected chi connectivity index (χ3v) is 5.59. The minimum Gasteiger partial charge on any atom is -0.450 e. The average molecular weight is 426 g/mol. The zero-order valence-electron chi connectivity index (χ0n) is 15.1. The Kier molecular flexibility index (Phi) is 4.87. The Hall–Kier alpha value is -2.40. The molecule has 1 aromatic heterocycles. The van der Waals surface area contributed by atoms with Gasteiger partial charge in [-0.1, -0.05) is 60.0 Å². The number of benzene rings is 2. The standard InChI is InChI=1S/C22H20BrNO3/c1-2-3-6-13-24-19(14-9-11-15(23)12-10-14)18-20(25)16-7-4-5-8-17(16)27-21(18)22(24)26/h4-5,7-12,19H,2-3,6,13H2,1H3. The van der Waals surface area contributed by atoms with Crippen LogP contribution in [0.1, 0.15) is 53.9 Å². The highest BCUT2D eigenvalue weighted by Crippen LogP contribution is 2.38. The number of unbranched alkanes of at least 4 members (excludes halogenated alkanes) is 2. The number of amides is 1. The van der Waals surface area contributed by atoms with Crippen molar-refractivity contribution in [1.29, 1.82) is 0 Å². The number of carbonyl (C=O) groups is 1. The number of rotatable bonds is 5. The number of para-hydroxylation sites is 1. The van der Waals surface area contributed by atoms with Gasteiger partial charge in [0.15, 0.2) is 5.43 Å². The summed E-state index contributed by atoms with van der Waals surface area (Å²) in [5, 5.41) is 0.515. The van der Waals surface area contributed by atoms with Crippen molar-refractivity contribution >= 4 is 32.8 Å². The molecule has 0 aliphatic carbocycles. The van der Waals surface area contributed by atoms with E-state index in [0.717, 1.165) is 29.3 Å². The molecule has 0 saturated carbocycles. The molecule has 138 valence electrons. The number of fused-ring (bicyclic) bond motifs is 2. The summed E-state index contributed by atoms with van der Waals surface area (Å²) >= 11 is 3.45. The van der Waals surface area contributed by atoms with Crippen LogP contribution in [0.2, 0.25) is 0 Å².